The van der Waals surface area contributed by atoms with E-state index in [1.807, 2.05) is 26.4 Å². The molecule has 2 aliphatic rings. The van der Waals surface area contributed by atoms with Crippen molar-refractivity contribution < 1.29 is 9.90 Å². The number of hydrogen-bond donors (Lipinski definition) is 3. The molecule has 0 spiro atoms. The normalized spacial score (nSPS) is 24.1. The molecule has 23 heavy (non-hydrogen) atoms. The van der Waals surface area contributed by atoms with Crippen molar-refractivity contribution in [2.75, 3.05) is 24.6 Å². The largest absolute Gasteiger partial charge is 0.394 e. The molecule has 3 N–H and O–H groups in total. The Morgan fingerprint density at radius 1 is 1.48 bits per heavy atom. The van der Waals surface area contributed by atoms with Crippen LogP contribution < -0.4 is 15.5 Å². The Morgan fingerprint density at radius 3 is 2.87 bits per heavy atom. The highest BCUT2D eigenvalue weighted by Crippen LogP contribution is 2.39. The number of aliphatic hydroxyl groups excluding tert-OH is 1. The number of urea groups is 1. The van der Waals surface area contributed by atoms with Gasteiger partial charge in [0.05, 0.1) is 24.0 Å². The third-order valence-corrected chi connectivity index (χ3v) is 5.02. The Bertz CT molecular complexity index is 556. The molecular formula is C16H27N5O2. The van der Waals surface area contributed by atoms with Crippen LogP contribution in [0.3, 0.4) is 0 Å². The number of aromatic nitrogens is 2. The zero-order chi connectivity index (χ0) is 16.4. The zero-order valence-corrected chi connectivity index (χ0v) is 14.0. The van der Waals surface area contributed by atoms with E-state index >= 15 is 0 Å². The summed E-state index contributed by atoms with van der Waals surface area (Å²) in [5, 5.41) is 19.8. The van der Waals surface area contributed by atoms with Crippen molar-refractivity contribution in [2.45, 2.75) is 44.2 Å². The van der Waals surface area contributed by atoms with Gasteiger partial charge in [0.1, 0.15) is 0 Å². The molecule has 2 heterocycles. The Morgan fingerprint density at radius 2 is 2.26 bits per heavy atom. The molecule has 0 aromatic carbocycles. The number of carbonyl (C=O) groups excluding carboxylic acids is 1. The van der Waals surface area contributed by atoms with Crippen LogP contribution >= 0.6 is 0 Å². The molecule has 1 aliphatic carbocycles. The van der Waals surface area contributed by atoms with Gasteiger partial charge < -0.3 is 20.6 Å². The molecule has 7 heteroatoms. The van der Waals surface area contributed by atoms with E-state index in [-0.39, 0.29) is 18.7 Å². The third-order valence-electron chi connectivity index (χ3n) is 5.02. The summed E-state index contributed by atoms with van der Waals surface area (Å²) >= 11 is 0. The van der Waals surface area contributed by atoms with Crippen LogP contribution in [0.2, 0.25) is 0 Å². The molecule has 1 aromatic heterocycles. The SMILES string of the molecule is Cn1cc(N2CCCC(NC(=O)NC(C)(CO)C3CC3)C2)cn1. The molecular weight excluding hydrogens is 294 g/mol. The first-order chi connectivity index (χ1) is 11.0. The predicted octanol–water partition coefficient (Wildman–Crippen LogP) is 0.849. The number of rotatable bonds is 5. The lowest BCUT2D eigenvalue weighted by Gasteiger charge is -2.35. The van der Waals surface area contributed by atoms with Crippen molar-refractivity contribution in [3.63, 3.8) is 0 Å². The van der Waals surface area contributed by atoms with E-state index in [2.05, 4.69) is 20.6 Å². The van der Waals surface area contributed by atoms with Gasteiger partial charge in [0.2, 0.25) is 0 Å². The Hall–Kier alpha value is -1.76. The average Bonchev–Trinajstić information content (AvgIpc) is 3.30. The number of aryl methyl sites for hydroxylation is 1. The van der Waals surface area contributed by atoms with Gasteiger partial charge >= 0.3 is 6.03 Å². The van der Waals surface area contributed by atoms with E-state index in [9.17, 15) is 9.90 Å². The molecule has 0 radical (unpaired) electrons. The standard InChI is InChI=1S/C16H27N5O2/c1-16(11-22,12-5-6-12)19-15(23)18-13-4-3-7-21(9-13)14-8-17-20(2)10-14/h8,10,12-13,22H,3-7,9,11H2,1-2H3,(H2,18,19,23). The summed E-state index contributed by atoms with van der Waals surface area (Å²) in [6.45, 7) is 3.69. The van der Waals surface area contributed by atoms with Crippen molar-refractivity contribution in [3.05, 3.63) is 12.4 Å². The number of carbonyl (C=O) groups is 1. The Labute approximate surface area is 137 Å². The number of hydrogen-bond acceptors (Lipinski definition) is 4. The van der Waals surface area contributed by atoms with Gasteiger partial charge in [0, 0.05) is 32.4 Å². The summed E-state index contributed by atoms with van der Waals surface area (Å²) in [4.78, 5) is 14.6. The van der Waals surface area contributed by atoms with Crippen molar-refractivity contribution in [2.24, 2.45) is 13.0 Å². The topological polar surface area (TPSA) is 82.4 Å². The first-order valence-electron chi connectivity index (χ1n) is 8.43. The molecule has 2 fully saturated rings. The number of piperidine rings is 1. The molecule has 0 bridgehead atoms. The molecule has 2 amide bonds. The second kappa shape index (κ2) is 6.39. The molecule has 2 unspecified atom stereocenters. The van der Waals surface area contributed by atoms with Crippen LogP contribution in [0.15, 0.2) is 12.4 Å². The summed E-state index contributed by atoms with van der Waals surface area (Å²) in [5.41, 5.74) is 0.597. The zero-order valence-electron chi connectivity index (χ0n) is 14.0. The smallest absolute Gasteiger partial charge is 0.315 e. The van der Waals surface area contributed by atoms with Crippen LogP contribution in [0, 0.1) is 5.92 Å². The van der Waals surface area contributed by atoms with Gasteiger partial charge in [-0.2, -0.15) is 5.10 Å². The minimum Gasteiger partial charge on any atom is -0.394 e. The molecule has 2 atom stereocenters. The Kier molecular flexibility index (Phi) is 4.48. The monoisotopic (exact) mass is 321 g/mol. The quantitative estimate of drug-likeness (QED) is 0.751. The van der Waals surface area contributed by atoms with E-state index in [0.717, 1.165) is 44.5 Å². The second-order valence-corrected chi connectivity index (χ2v) is 7.11. The lowest BCUT2D eigenvalue weighted by molar-refractivity contribution is 0.153. The van der Waals surface area contributed by atoms with E-state index in [1.165, 1.54) is 0 Å². The van der Waals surface area contributed by atoms with Gasteiger partial charge in [-0.15, -0.1) is 0 Å². The highest BCUT2D eigenvalue weighted by Gasteiger charge is 2.42. The van der Waals surface area contributed by atoms with Crippen LogP contribution in [0.4, 0.5) is 10.5 Å². The number of anilines is 1. The van der Waals surface area contributed by atoms with Crippen molar-refractivity contribution in [1.82, 2.24) is 20.4 Å². The van der Waals surface area contributed by atoms with Crippen LogP contribution in [-0.2, 0) is 7.05 Å². The van der Waals surface area contributed by atoms with Crippen molar-refractivity contribution in [3.8, 4) is 0 Å². The number of nitrogens with zero attached hydrogens (tertiary/aromatic N) is 3. The lowest BCUT2D eigenvalue weighted by atomic mass is 9.97. The first kappa shape index (κ1) is 16.1. The minimum atomic E-state index is -0.498. The molecule has 1 aromatic rings. The van der Waals surface area contributed by atoms with Gasteiger partial charge in [-0.05, 0) is 38.5 Å². The molecule has 128 valence electrons. The predicted molar refractivity (Wildman–Crippen MR) is 88.3 cm³/mol. The lowest BCUT2D eigenvalue weighted by Crippen LogP contribution is -2.57. The molecule has 1 saturated heterocycles. The molecule has 3 rings (SSSR count). The molecule has 7 nitrogen and oxygen atoms in total. The van der Waals surface area contributed by atoms with Crippen LogP contribution in [-0.4, -0.2) is 52.2 Å². The van der Waals surface area contributed by atoms with Crippen LogP contribution in [0.1, 0.15) is 32.6 Å². The maximum atomic E-state index is 12.3. The summed E-state index contributed by atoms with van der Waals surface area (Å²) in [7, 11) is 1.91. The fraction of sp³-hybridized carbons (Fsp3) is 0.750. The first-order valence-corrected chi connectivity index (χ1v) is 8.43. The summed E-state index contributed by atoms with van der Waals surface area (Å²) < 4.78 is 1.79. The van der Waals surface area contributed by atoms with E-state index < -0.39 is 5.54 Å². The van der Waals surface area contributed by atoms with Crippen LogP contribution in [0.25, 0.3) is 0 Å². The van der Waals surface area contributed by atoms with Crippen LogP contribution in [0.5, 0.6) is 0 Å². The van der Waals surface area contributed by atoms with Gasteiger partial charge in [0.25, 0.3) is 0 Å². The minimum absolute atomic E-state index is 0.0163. The van der Waals surface area contributed by atoms with E-state index in [1.54, 1.807) is 4.68 Å². The summed E-state index contributed by atoms with van der Waals surface area (Å²) in [6.07, 6.45) is 8.03. The third kappa shape index (κ3) is 3.77. The number of nitrogens with one attached hydrogen (secondary N) is 2. The maximum Gasteiger partial charge on any atom is 0.315 e. The average molecular weight is 321 g/mol. The van der Waals surface area contributed by atoms with Crippen molar-refractivity contribution in [1.29, 1.82) is 0 Å². The van der Waals surface area contributed by atoms with Gasteiger partial charge in [-0.25, -0.2) is 4.79 Å². The molecule has 1 saturated carbocycles. The van der Waals surface area contributed by atoms with E-state index in [4.69, 9.17) is 0 Å². The Balaban J connectivity index is 1.54. The fourth-order valence-electron chi connectivity index (χ4n) is 3.37. The van der Waals surface area contributed by atoms with E-state index in [0.29, 0.717) is 5.92 Å². The van der Waals surface area contributed by atoms with Gasteiger partial charge in [-0.3, -0.25) is 4.68 Å². The van der Waals surface area contributed by atoms with Gasteiger partial charge in [0.15, 0.2) is 0 Å². The highest BCUT2D eigenvalue weighted by atomic mass is 16.3. The summed E-state index contributed by atoms with van der Waals surface area (Å²) in [6, 6.07) is -0.0578. The number of aliphatic hydroxyl groups is 1. The molecule has 1 aliphatic heterocycles. The fourth-order valence-corrected chi connectivity index (χ4v) is 3.37. The van der Waals surface area contributed by atoms with Gasteiger partial charge in [-0.1, -0.05) is 0 Å². The second-order valence-electron chi connectivity index (χ2n) is 7.11. The summed E-state index contributed by atoms with van der Waals surface area (Å²) in [5.74, 6) is 0.400. The highest BCUT2D eigenvalue weighted by molar-refractivity contribution is 5.75. The maximum absolute atomic E-state index is 12.3. The number of amides is 2. The van der Waals surface area contributed by atoms with Crippen molar-refractivity contribution >= 4 is 11.7 Å².